The van der Waals surface area contributed by atoms with Crippen molar-refractivity contribution in [2.24, 2.45) is 0 Å². The van der Waals surface area contributed by atoms with E-state index >= 15 is 0 Å². The first-order chi connectivity index (χ1) is 14.7. The summed E-state index contributed by atoms with van der Waals surface area (Å²) in [4.78, 5) is 26.4. The Morgan fingerprint density at radius 1 is 0.967 bits per heavy atom. The normalized spacial score (nSPS) is 13.1. The molecule has 0 radical (unpaired) electrons. The molecule has 2 aromatic heterocycles. The molecule has 2 aromatic carbocycles. The molecule has 0 atom stereocenters. The second kappa shape index (κ2) is 7.40. The molecule has 1 aliphatic rings. The first-order valence-electron chi connectivity index (χ1n) is 9.62. The van der Waals surface area contributed by atoms with Crippen molar-refractivity contribution in [3.63, 3.8) is 0 Å². The average Bonchev–Trinajstić information content (AvgIpc) is 2.79. The van der Waals surface area contributed by atoms with Gasteiger partial charge in [0.2, 0.25) is 11.6 Å². The quantitative estimate of drug-likeness (QED) is 0.406. The molecule has 0 saturated carbocycles. The summed E-state index contributed by atoms with van der Waals surface area (Å²) in [5.74, 6) is 0.474. The van der Waals surface area contributed by atoms with Gasteiger partial charge in [-0.15, -0.1) is 0 Å². The number of hydrogen-bond donors (Lipinski definition) is 1. The van der Waals surface area contributed by atoms with E-state index in [9.17, 15) is 10.1 Å². The Kier molecular flexibility index (Phi) is 4.44. The zero-order valence-electron chi connectivity index (χ0n) is 16.0. The van der Waals surface area contributed by atoms with E-state index in [1.54, 1.807) is 6.20 Å². The summed E-state index contributed by atoms with van der Waals surface area (Å²) in [6.07, 6.45) is 3.87. The minimum Gasteiger partial charge on any atom is -0.346 e. The Hall–Kier alpha value is -4.07. The van der Waals surface area contributed by atoms with Crippen LogP contribution in [0.4, 0.5) is 23.0 Å². The summed E-state index contributed by atoms with van der Waals surface area (Å²) >= 11 is 0. The second-order valence-electron chi connectivity index (χ2n) is 7.10. The molecular formula is C22H18N6O2. The lowest BCUT2D eigenvalue weighted by Crippen LogP contribution is -2.31. The highest BCUT2D eigenvalue weighted by Crippen LogP contribution is 2.36. The van der Waals surface area contributed by atoms with Gasteiger partial charge in [0.1, 0.15) is 6.33 Å². The van der Waals surface area contributed by atoms with Crippen molar-refractivity contribution in [3.8, 4) is 0 Å². The molecule has 0 fully saturated rings. The zero-order valence-corrected chi connectivity index (χ0v) is 16.0. The maximum Gasteiger partial charge on any atom is 0.353 e. The molecule has 8 nitrogen and oxygen atoms in total. The van der Waals surface area contributed by atoms with Crippen LogP contribution in [0.3, 0.4) is 0 Å². The van der Waals surface area contributed by atoms with Crippen LogP contribution in [-0.4, -0.2) is 26.4 Å². The van der Waals surface area contributed by atoms with Crippen molar-refractivity contribution in [1.82, 2.24) is 15.0 Å². The Bertz CT molecular complexity index is 1250. The monoisotopic (exact) mass is 398 g/mol. The Labute approximate surface area is 172 Å². The predicted molar refractivity (Wildman–Crippen MR) is 115 cm³/mol. The number of pyridine rings is 1. The molecule has 0 aliphatic carbocycles. The van der Waals surface area contributed by atoms with Crippen LogP contribution in [-0.2, 0) is 13.0 Å². The van der Waals surface area contributed by atoms with Gasteiger partial charge in [-0.25, -0.2) is 9.97 Å². The molecule has 0 amide bonds. The lowest BCUT2D eigenvalue weighted by atomic mass is 10.00. The van der Waals surface area contributed by atoms with Gasteiger partial charge in [-0.1, -0.05) is 42.5 Å². The Morgan fingerprint density at radius 2 is 1.80 bits per heavy atom. The van der Waals surface area contributed by atoms with Crippen LogP contribution in [0.5, 0.6) is 0 Å². The van der Waals surface area contributed by atoms with Crippen molar-refractivity contribution in [3.05, 3.63) is 88.4 Å². The summed E-state index contributed by atoms with van der Waals surface area (Å²) in [6.45, 7) is 1.23. The maximum absolute atomic E-state index is 12.0. The Morgan fingerprint density at radius 3 is 2.67 bits per heavy atom. The third-order valence-electron chi connectivity index (χ3n) is 5.30. The molecule has 5 rings (SSSR count). The highest BCUT2D eigenvalue weighted by atomic mass is 16.6. The van der Waals surface area contributed by atoms with Crippen LogP contribution in [0.1, 0.15) is 11.1 Å². The molecule has 3 heterocycles. The van der Waals surface area contributed by atoms with Gasteiger partial charge in [0.15, 0.2) is 0 Å². The summed E-state index contributed by atoms with van der Waals surface area (Å²) in [5, 5.41) is 16.1. The van der Waals surface area contributed by atoms with Gasteiger partial charge in [0.25, 0.3) is 0 Å². The molecule has 1 aliphatic heterocycles. The van der Waals surface area contributed by atoms with E-state index in [1.807, 2.05) is 47.4 Å². The number of nitrogens with one attached hydrogen (secondary N) is 1. The number of benzene rings is 2. The number of anilines is 3. The minimum atomic E-state index is -0.420. The summed E-state index contributed by atoms with van der Waals surface area (Å²) in [6, 6.07) is 17.6. The SMILES string of the molecule is O=[N+]([O-])c1c(Nc2cccc3cccnc23)ncnc1N1CCc2ccccc2C1. The number of rotatable bonds is 4. The van der Waals surface area contributed by atoms with Crippen LogP contribution >= 0.6 is 0 Å². The predicted octanol–water partition coefficient (Wildman–Crippen LogP) is 4.24. The highest BCUT2D eigenvalue weighted by molar-refractivity contribution is 5.92. The zero-order chi connectivity index (χ0) is 20.5. The van der Waals surface area contributed by atoms with E-state index in [-0.39, 0.29) is 11.5 Å². The van der Waals surface area contributed by atoms with Gasteiger partial charge in [-0.05, 0) is 29.7 Å². The first-order valence-corrected chi connectivity index (χ1v) is 9.62. The first kappa shape index (κ1) is 18.0. The average molecular weight is 398 g/mol. The lowest BCUT2D eigenvalue weighted by molar-refractivity contribution is -0.383. The van der Waals surface area contributed by atoms with Crippen molar-refractivity contribution in [1.29, 1.82) is 0 Å². The molecular weight excluding hydrogens is 380 g/mol. The van der Waals surface area contributed by atoms with Gasteiger partial charge in [-0.2, -0.15) is 0 Å². The number of hydrogen-bond acceptors (Lipinski definition) is 7. The summed E-state index contributed by atoms with van der Waals surface area (Å²) < 4.78 is 0. The van der Waals surface area contributed by atoms with Gasteiger partial charge in [-0.3, -0.25) is 15.1 Å². The van der Waals surface area contributed by atoms with Crippen molar-refractivity contribution < 1.29 is 4.92 Å². The third-order valence-corrected chi connectivity index (χ3v) is 5.30. The molecule has 148 valence electrons. The molecule has 30 heavy (non-hydrogen) atoms. The van der Waals surface area contributed by atoms with E-state index < -0.39 is 4.92 Å². The topological polar surface area (TPSA) is 97.1 Å². The maximum atomic E-state index is 12.0. The third kappa shape index (κ3) is 3.18. The van der Waals surface area contributed by atoms with Crippen LogP contribution in [0, 0.1) is 10.1 Å². The fourth-order valence-electron chi connectivity index (χ4n) is 3.87. The number of fused-ring (bicyclic) bond motifs is 2. The van der Waals surface area contributed by atoms with Crippen LogP contribution in [0.15, 0.2) is 67.1 Å². The number of para-hydroxylation sites is 1. The standard InChI is InChI=1S/C22H18N6O2/c29-28(30)20-21(26-18-9-3-7-16-8-4-11-23-19(16)18)24-14-25-22(20)27-12-10-15-5-1-2-6-17(15)13-27/h1-9,11,14H,10,12-13H2,(H,24,25,26). The number of nitrogens with zero attached hydrogens (tertiary/aromatic N) is 5. The van der Waals surface area contributed by atoms with Gasteiger partial charge >= 0.3 is 5.69 Å². The fourth-order valence-corrected chi connectivity index (χ4v) is 3.87. The van der Waals surface area contributed by atoms with Gasteiger partial charge < -0.3 is 10.2 Å². The molecule has 8 heteroatoms. The van der Waals surface area contributed by atoms with Gasteiger partial charge in [0, 0.05) is 24.7 Å². The van der Waals surface area contributed by atoms with Gasteiger partial charge in [0.05, 0.1) is 16.1 Å². The largest absolute Gasteiger partial charge is 0.353 e. The van der Waals surface area contributed by atoms with E-state index in [0.717, 1.165) is 22.9 Å². The lowest BCUT2D eigenvalue weighted by Gasteiger charge is -2.29. The van der Waals surface area contributed by atoms with Crippen LogP contribution < -0.4 is 10.2 Å². The molecule has 0 unspecified atom stereocenters. The molecule has 1 N–H and O–H groups in total. The van der Waals surface area contributed by atoms with E-state index in [0.29, 0.717) is 24.6 Å². The molecule has 0 saturated heterocycles. The van der Waals surface area contributed by atoms with Crippen molar-refractivity contribution in [2.75, 3.05) is 16.8 Å². The van der Waals surface area contributed by atoms with E-state index in [4.69, 9.17) is 0 Å². The minimum absolute atomic E-state index is 0.134. The Balaban J connectivity index is 1.55. The van der Waals surface area contributed by atoms with Crippen LogP contribution in [0.2, 0.25) is 0 Å². The number of aromatic nitrogens is 3. The second-order valence-corrected chi connectivity index (χ2v) is 7.10. The molecule has 4 aromatic rings. The smallest absolute Gasteiger partial charge is 0.346 e. The van der Waals surface area contributed by atoms with E-state index in [2.05, 4.69) is 32.4 Å². The molecule has 0 spiro atoms. The fraction of sp³-hybridized carbons (Fsp3) is 0.136. The van der Waals surface area contributed by atoms with Crippen LogP contribution in [0.25, 0.3) is 10.9 Å². The number of nitro groups is 1. The van der Waals surface area contributed by atoms with Crippen molar-refractivity contribution >= 4 is 33.9 Å². The summed E-state index contributed by atoms with van der Waals surface area (Å²) in [7, 11) is 0. The van der Waals surface area contributed by atoms with Crippen molar-refractivity contribution in [2.45, 2.75) is 13.0 Å². The highest BCUT2D eigenvalue weighted by Gasteiger charge is 2.29. The summed E-state index contributed by atoms with van der Waals surface area (Å²) in [5.41, 5.74) is 3.67. The molecule has 0 bridgehead atoms. The van der Waals surface area contributed by atoms with E-state index in [1.165, 1.54) is 11.9 Å².